The number of hydrogen-bond donors (Lipinski definition) is 0. The maximum Gasteiger partial charge on any atom is 0.160 e. The summed E-state index contributed by atoms with van der Waals surface area (Å²) in [6.07, 6.45) is 0. The predicted octanol–water partition coefficient (Wildman–Crippen LogP) is 11.5. The molecular formula is C43H30ClN3. The Balaban J connectivity index is 1.25. The van der Waals surface area contributed by atoms with E-state index in [4.69, 9.17) is 21.6 Å². The molecule has 2 aromatic heterocycles. The molecule has 0 saturated heterocycles. The third-order valence-electron chi connectivity index (χ3n) is 9.67. The van der Waals surface area contributed by atoms with Gasteiger partial charge in [0.1, 0.15) is 0 Å². The third kappa shape index (κ3) is 4.42. The number of para-hydroxylation sites is 2. The molecule has 2 heterocycles. The summed E-state index contributed by atoms with van der Waals surface area (Å²) in [5.74, 6) is 0.680. The van der Waals surface area contributed by atoms with Gasteiger partial charge in [0, 0.05) is 43.6 Å². The van der Waals surface area contributed by atoms with Crippen LogP contribution in [0.2, 0.25) is 5.02 Å². The highest BCUT2D eigenvalue weighted by Gasteiger charge is 2.35. The summed E-state index contributed by atoms with van der Waals surface area (Å²) in [7, 11) is 0. The summed E-state index contributed by atoms with van der Waals surface area (Å²) < 4.78 is 2.33. The molecule has 224 valence electrons. The second-order valence-electron chi connectivity index (χ2n) is 12.8. The first-order valence-corrected chi connectivity index (χ1v) is 16.3. The first-order valence-electron chi connectivity index (χ1n) is 15.9. The van der Waals surface area contributed by atoms with E-state index in [1.807, 2.05) is 18.2 Å². The largest absolute Gasteiger partial charge is 0.309 e. The lowest BCUT2D eigenvalue weighted by molar-refractivity contribution is 0.660. The molecule has 6 aromatic carbocycles. The third-order valence-corrected chi connectivity index (χ3v) is 9.91. The van der Waals surface area contributed by atoms with Crippen molar-refractivity contribution in [3.05, 3.63) is 162 Å². The topological polar surface area (TPSA) is 30.7 Å². The van der Waals surface area contributed by atoms with Crippen molar-refractivity contribution in [1.29, 1.82) is 0 Å². The Labute approximate surface area is 278 Å². The van der Waals surface area contributed by atoms with E-state index in [9.17, 15) is 0 Å². The van der Waals surface area contributed by atoms with Gasteiger partial charge < -0.3 is 4.57 Å². The maximum absolute atomic E-state index is 6.48. The van der Waals surface area contributed by atoms with Crippen LogP contribution in [0, 0.1) is 0 Å². The van der Waals surface area contributed by atoms with Crippen molar-refractivity contribution in [2.75, 3.05) is 0 Å². The molecule has 0 N–H and O–H groups in total. The van der Waals surface area contributed by atoms with Crippen LogP contribution in [0.4, 0.5) is 0 Å². The molecule has 0 unspecified atom stereocenters. The van der Waals surface area contributed by atoms with Gasteiger partial charge in [-0.3, -0.25) is 0 Å². The smallest absolute Gasteiger partial charge is 0.160 e. The quantitative estimate of drug-likeness (QED) is 0.195. The molecule has 1 aliphatic carbocycles. The summed E-state index contributed by atoms with van der Waals surface area (Å²) in [4.78, 5) is 10.4. The van der Waals surface area contributed by atoms with Gasteiger partial charge in [0.05, 0.1) is 22.4 Å². The van der Waals surface area contributed by atoms with E-state index in [1.54, 1.807) is 0 Å². The predicted molar refractivity (Wildman–Crippen MR) is 195 cm³/mol. The number of benzene rings is 6. The van der Waals surface area contributed by atoms with Crippen molar-refractivity contribution >= 4 is 33.4 Å². The van der Waals surface area contributed by atoms with Gasteiger partial charge >= 0.3 is 0 Å². The molecule has 8 aromatic rings. The van der Waals surface area contributed by atoms with Crippen LogP contribution in [0.3, 0.4) is 0 Å². The highest BCUT2D eigenvalue weighted by atomic mass is 35.5. The number of aromatic nitrogens is 3. The minimum absolute atomic E-state index is 0.106. The van der Waals surface area contributed by atoms with E-state index in [1.165, 1.54) is 33.2 Å². The van der Waals surface area contributed by atoms with Gasteiger partial charge in [-0.2, -0.15) is 0 Å². The Bertz CT molecular complexity index is 2510. The molecule has 0 fully saturated rings. The lowest BCUT2D eigenvalue weighted by Crippen LogP contribution is -2.14. The average molecular weight is 624 g/mol. The van der Waals surface area contributed by atoms with Crippen LogP contribution in [0.25, 0.3) is 72.5 Å². The molecular weight excluding hydrogens is 594 g/mol. The van der Waals surface area contributed by atoms with Gasteiger partial charge in [0.2, 0.25) is 0 Å². The molecule has 0 saturated carbocycles. The number of hydrogen-bond acceptors (Lipinski definition) is 2. The van der Waals surface area contributed by atoms with Gasteiger partial charge in [0.25, 0.3) is 0 Å². The minimum atomic E-state index is -0.106. The van der Waals surface area contributed by atoms with Gasteiger partial charge in [0.15, 0.2) is 5.82 Å². The van der Waals surface area contributed by atoms with Gasteiger partial charge in [-0.05, 0) is 82.9 Å². The van der Waals surface area contributed by atoms with Crippen molar-refractivity contribution < 1.29 is 0 Å². The number of fused-ring (bicyclic) bond motifs is 6. The molecule has 3 nitrogen and oxygen atoms in total. The first kappa shape index (κ1) is 27.8. The molecule has 0 amide bonds. The van der Waals surface area contributed by atoms with E-state index in [-0.39, 0.29) is 5.41 Å². The summed E-state index contributed by atoms with van der Waals surface area (Å²) in [6, 6.07) is 51.2. The fourth-order valence-corrected chi connectivity index (χ4v) is 7.54. The second-order valence-corrected chi connectivity index (χ2v) is 13.3. The molecule has 0 spiro atoms. The summed E-state index contributed by atoms with van der Waals surface area (Å²) in [6.45, 7) is 4.62. The first-order chi connectivity index (χ1) is 23.0. The fourth-order valence-electron chi connectivity index (χ4n) is 7.35. The zero-order valence-electron chi connectivity index (χ0n) is 26.1. The Kier molecular flexibility index (Phi) is 6.21. The van der Waals surface area contributed by atoms with E-state index in [2.05, 4.69) is 146 Å². The highest BCUT2D eigenvalue weighted by molar-refractivity contribution is 6.30. The SMILES string of the molecule is CC1(C)c2ccccc2-c2ccc(-c3cc(-c4cccc(Cl)c4)nc(-c4ccc5c(c4)c4ccccc4n5-c4ccccc4)n3)cc21. The Morgan fingerprint density at radius 2 is 1.19 bits per heavy atom. The normalized spacial score (nSPS) is 13.2. The molecule has 1 aliphatic rings. The summed E-state index contributed by atoms with van der Waals surface area (Å²) in [5, 5.41) is 3.04. The highest BCUT2D eigenvalue weighted by Crippen LogP contribution is 2.49. The summed E-state index contributed by atoms with van der Waals surface area (Å²) >= 11 is 6.48. The van der Waals surface area contributed by atoms with Crippen molar-refractivity contribution in [2.45, 2.75) is 19.3 Å². The second kappa shape index (κ2) is 10.5. The van der Waals surface area contributed by atoms with Gasteiger partial charge in [-0.25, -0.2) is 9.97 Å². The zero-order chi connectivity index (χ0) is 31.7. The van der Waals surface area contributed by atoms with Gasteiger partial charge in [-0.15, -0.1) is 0 Å². The van der Waals surface area contributed by atoms with Crippen LogP contribution in [-0.4, -0.2) is 14.5 Å². The standard InChI is InChI=1S/C43H30ClN3/c1-43(2)36-17-8-6-15-32(36)33-21-19-28(25-37(33)43)39-26-38(27-11-10-12-30(44)23-27)45-42(46-39)29-20-22-41-35(24-29)34-16-7-9-18-40(34)47(41)31-13-4-3-5-14-31/h3-26H,1-2H3. The summed E-state index contributed by atoms with van der Waals surface area (Å²) in [5.41, 5.74) is 13.3. The Morgan fingerprint density at radius 3 is 2.02 bits per heavy atom. The zero-order valence-corrected chi connectivity index (χ0v) is 26.8. The molecule has 4 heteroatoms. The van der Waals surface area contributed by atoms with Crippen LogP contribution in [0.15, 0.2) is 146 Å². The monoisotopic (exact) mass is 623 g/mol. The fraction of sp³-hybridized carbons (Fsp3) is 0.0698. The van der Waals surface area contributed by atoms with Crippen molar-refractivity contribution in [3.63, 3.8) is 0 Å². The van der Waals surface area contributed by atoms with Crippen molar-refractivity contribution in [3.8, 4) is 50.7 Å². The van der Waals surface area contributed by atoms with Crippen LogP contribution in [0.1, 0.15) is 25.0 Å². The van der Waals surface area contributed by atoms with E-state index in [0.29, 0.717) is 10.8 Å². The molecule has 47 heavy (non-hydrogen) atoms. The lowest BCUT2D eigenvalue weighted by Gasteiger charge is -2.22. The Morgan fingerprint density at radius 1 is 0.511 bits per heavy atom. The van der Waals surface area contributed by atoms with E-state index in [0.717, 1.165) is 44.7 Å². The van der Waals surface area contributed by atoms with Gasteiger partial charge in [-0.1, -0.05) is 110 Å². The number of nitrogens with zero attached hydrogens (tertiary/aromatic N) is 3. The minimum Gasteiger partial charge on any atom is -0.309 e. The number of rotatable bonds is 4. The van der Waals surface area contributed by atoms with Crippen LogP contribution < -0.4 is 0 Å². The molecule has 0 atom stereocenters. The maximum atomic E-state index is 6.48. The lowest BCUT2D eigenvalue weighted by atomic mass is 9.82. The number of halogens is 1. The average Bonchev–Trinajstić information content (AvgIpc) is 3.56. The van der Waals surface area contributed by atoms with Crippen molar-refractivity contribution in [1.82, 2.24) is 14.5 Å². The molecule has 0 aliphatic heterocycles. The van der Waals surface area contributed by atoms with E-state index >= 15 is 0 Å². The van der Waals surface area contributed by atoms with Crippen molar-refractivity contribution in [2.24, 2.45) is 0 Å². The van der Waals surface area contributed by atoms with E-state index < -0.39 is 0 Å². The molecule has 0 radical (unpaired) electrons. The van der Waals surface area contributed by atoms with Crippen LogP contribution in [-0.2, 0) is 5.41 Å². The Hall–Kier alpha value is -5.51. The van der Waals surface area contributed by atoms with Crippen LogP contribution >= 0.6 is 11.6 Å². The molecule has 0 bridgehead atoms. The molecule has 9 rings (SSSR count). The van der Waals surface area contributed by atoms with Crippen LogP contribution in [0.5, 0.6) is 0 Å².